The molecule has 1 heterocycles. The molecule has 0 atom stereocenters. The highest BCUT2D eigenvalue weighted by Crippen LogP contribution is 2.21. The van der Waals surface area contributed by atoms with Crippen molar-refractivity contribution < 1.29 is 13.9 Å². The van der Waals surface area contributed by atoms with Gasteiger partial charge in [-0.2, -0.15) is 0 Å². The van der Waals surface area contributed by atoms with Crippen LogP contribution in [0.2, 0.25) is 5.02 Å². The van der Waals surface area contributed by atoms with Crippen molar-refractivity contribution in [2.45, 2.75) is 6.42 Å². The number of hydrogen-bond acceptors (Lipinski definition) is 6. The molecule has 0 saturated heterocycles. The lowest BCUT2D eigenvalue weighted by molar-refractivity contribution is -0.118. The topological polar surface area (TPSA) is 67.4 Å². The van der Waals surface area contributed by atoms with Crippen LogP contribution in [0.3, 0.4) is 0 Å². The number of amides is 1. The van der Waals surface area contributed by atoms with Crippen LogP contribution in [0.5, 0.6) is 5.75 Å². The Morgan fingerprint density at radius 1 is 1.43 bits per heavy atom. The van der Waals surface area contributed by atoms with Crippen LogP contribution in [0.1, 0.15) is 5.01 Å². The summed E-state index contributed by atoms with van der Waals surface area (Å²) < 4.78 is 18.3. The molecule has 1 amide bonds. The molecular formula is C14H16ClFN4O2S. The third-order valence-electron chi connectivity index (χ3n) is 2.75. The van der Waals surface area contributed by atoms with E-state index < -0.39 is 5.82 Å². The molecule has 0 fully saturated rings. The molecule has 9 heteroatoms. The van der Waals surface area contributed by atoms with Gasteiger partial charge in [-0.25, -0.2) is 4.39 Å². The van der Waals surface area contributed by atoms with Crippen molar-refractivity contribution in [3.8, 4) is 5.75 Å². The van der Waals surface area contributed by atoms with Gasteiger partial charge in [0, 0.05) is 19.0 Å². The fraction of sp³-hybridized carbons (Fsp3) is 0.357. The molecule has 0 aliphatic rings. The zero-order valence-electron chi connectivity index (χ0n) is 12.7. The van der Waals surface area contributed by atoms with Crippen LogP contribution in [0, 0.1) is 5.82 Å². The Kier molecular flexibility index (Phi) is 6.26. The molecular weight excluding hydrogens is 343 g/mol. The van der Waals surface area contributed by atoms with Crippen LogP contribution >= 0.6 is 22.9 Å². The monoisotopic (exact) mass is 358 g/mol. The Morgan fingerprint density at radius 3 is 2.91 bits per heavy atom. The number of ether oxygens (including phenoxy) is 1. The second-order valence-electron chi connectivity index (χ2n) is 4.97. The number of nitrogens with one attached hydrogen (secondary N) is 1. The predicted molar refractivity (Wildman–Crippen MR) is 87.7 cm³/mol. The molecule has 1 N–H and O–H groups in total. The van der Waals surface area contributed by atoms with Crippen LogP contribution < -0.4 is 10.1 Å². The van der Waals surface area contributed by atoms with E-state index >= 15 is 0 Å². The van der Waals surface area contributed by atoms with Crippen LogP contribution in [0.15, 0.2) is 18.2 Å². The van der Waals surface area contributed by atoms with E-state index in [1.54, 1.807) is 0 Å². The quantitative estimate of drug-likeness (QED) is 0.823. The third kappa shape index (κ3) is 5.74. The van der Waals surface area contributed by atoms with Gasteiger partial charge in [-0.05, 0) is 26.2 Å². The highest BCUT2D eigenvalue weighted by Gasteiger charge is 2.10. The molecule has 2 rings (SSSR count). The summed E-state index contributed by atoms with van der Waals surface area (Å²) in [5.41, 5.74) is 0. The van der Waals surface area contributed by atoms with Gasteiger partial charge in [0.25, 0.3) is 5.91 Å². The second kappa shape index (κ2) is 8.19. The number of aromatic nitrogens is 2. The first-order chi connectivity index (χ1) is 10.9. The summed E-state index contributed by atoms with van der Waals surface area (Å²) >= 11 is 6.96. The van der Waals surface area contributed by atoms with Crippen molar-refractivity contribution in [2.75, 3.05) is 32.6 Å². The van der Waals surface area contributed by atoms with Crippen molar-refractivity contribution in [1.82, 2.24) is 15.1 Å². The maximum absolute atomic E-state index is 13.0. The predicted octanol–water partition coefficient (Wildman–Crippen LogP) is 2.45. The average molecular weight is 359 g/mol. The number of carbonyl (C=O) groups is 1. The number of anilines is 1. The molecule has 2 aromatic rings. The van der Waals surface area contributed by atoms with Crippen molar-refractivity contribution >= 4 is 34.0 Å². The van der Waals surface area contributed by atoms with Gasteiger partial charge in [0.1, 0.15) is 16.6 Å². The first kappa shape index (κ1) is 17.6. The highest BCUT2D eigenvalue weighted by molar-refractivity contribution is 7.15. The van der Waals surface area contributed by atoms with Gasteiger partial charge in [0.15, 0.2) is 6.61 Å². The van der Waals surface area contributed by atoms with Gasteiger partial charge < -0.3 is 9.64 Å². The van der Waals surface area contributed by atoms with E-state index in [1.165, 1.54) is 29.5 Å². The lowest BCUT2D eigenvalue weighted by Crippen LogP contribution is -2.20. The summed E-state index contributed by atoms with van der Waals surface area (Å²) in [5, 5.41) is 11.7. The summed E-state index contributed by atoms with van der Waals surface area (Å²) in [6.07, 6.45) is 0.769. The molecule has 0 aliphatic heterocycles. The van der Waals surface area contributed by atoms with E-state index in [2.05, 4.69) is 15.5 Å². The summed E-state index contributed by atoms with van der Waals surface area (Å²) in [5.74, 6) is -0.598. The minimum atomic E-state index is -0.539. The van der Waals surface area contributed by atoms with Gasteiger partial charge in [-0.1, -0.05) is 22.9 Å². The molecule has 124 valence electrons. The van der Waals surface area contributed by atoms with Crippen molar-refractivity contribution in [1.29, 1.82) is 0 Å². The van der Waals surface area contributed by atoms with Gasteiger partial charge >= 0.3 is 0 Å². The van der Waals surface area contributed by atoms with E-state index in [1.807, 2.05) is 19.0 Å². The Bertz CT molecular complexity index is 681. The molecule has 1 aromatic carbocycles. The number of likely N-dealkylation sites (N-methyl/N-ethyl adjacent to an activating group) is 1. The van der Waals surface area contributed by atoms with Crippen molar-refractivity contribution in [3.63, 3.8) is 0 Å². The van der Waals surface area contributed by atoms with E-state index in [-0.39, 0.29) is 17.5 Å². The average Bonchev–Trinajstić information content (AvgIpc) is 2.94. The minimum Gasteiger partial charge on any atom is -0.484 e. The smallest absolute Gasteiger partial charge is 0.264 e. The maximum atomic E-state index is 13.0. The van der Waals surface area contributed by atoms with Crippen LogP contribution in [0.25, 0.3) is 0 Å². The summed E-state index contributed by atoms with van der Waals surface area (Å²) in [6.45, 7) is 0.631. The highest BCUT2D eigenvalue weighted by atomic mass is 35.5. The van der Waals surface area contributed by atoms with E-state index in [0.29, 0.717) is 10.9 Å². The molecule has 0 radical (unpaired) electrons. The SMILES string of the molecule is CN(C)CCc1nnc(NC(=O)COc2ccc(F)c(Cl)c2)s1. The van der Waals surface area contributed by atoms with Crippen LogP contribution in [0.4, 0.5) is 9.52 Å². The molecule has 0 aliphatic carbocycles. The third-order valence-corrected chi connectivity index (χ3v) is 3.94. The number of hydrogen-bond donors (Lipinski definition) is 1. The van der Waals surface area contributed by atoms with E-state index in [4.69, 9.17) is 16.3 Å². The fourth-order valence-electron chi connectivity index (χ4n) is 1.60. The van der Waals surface area contributed by atoms with Crippen molar-refractivity contribution in [2.24, 2.45) is 0 Å². The number of nitrogens with zero attached hydrogens (tertiary/aromatic N) is 3. The van der Waals surface area contributed by atoms with Crippen LogP contribution in [-0.2, 0) is 11.2 Å². The molecule has 0 saturated carbocycles. The zero-order chi connectivity index (χ0) is 16.8. The first-order valence-electron chi connectivity index (χ1n) is 6.79. The minimum absolute atomic E-state index is 0.0578. The fourth-order valence-corrected chi connectivity index (χ4v) is 2.51. The Morgan fingerprint density at radius 2 is 2.22 bits per heavy atom. The Hall–Kier alpha value is -1.77. The molecule has 0 spiro atoms. The van der Waals surface area contributed by atoms with Gasteiger partial charge in [0.2, 0.25) is 5.13 Å². The van der Waals surface area contributed by atoms with Gasteiger partial charge in [-0.3, -0.25) is 10.1 Å². The largest absolute Gasteiger partial charge is 0.484 e. The summed E-state index contributed by atoms with van der Waals surface area (Å²) in [7, 11) is 3.95. The normalized spacial score (nSPS) is 10.8. The molecule has 0 bridgehead atoms. The lowest BCUT2D eigenvalue weighted by Gasteiger charge is -2.06. The standard InChI is InChI=1S/C14H16ClFN4O2S/c1-20(2)6-5-13-18-19-14(23-13)17-12(21)8-22-9-3-4-11(16)10(15)7-9/h3-4,7H,5-6,8H2,1-2H3,(H,17,19,21). The summed E-state index contributed by atoms with van der Waals surface area (Å²) in [4.78, 5) is 13.8. The Balaban J connectivity index is 1.81. The molecule has 23 heavy (non-hydrogen) atoms. The zero-order valence-corrected chi connectivity index (χ0v) is 14.2. The summed E-state index contributed by atoms with van der Waals surface area (Å²) in [6, 6.07) is 3.89. The number of halogens is 2. The Labute approximate surface area is 142 Å². The lowest BCUT2D eigenvalue weighted by atomic mass is 10.3. The van der Waals surface area contributed by atoms with Gasteiger partial charge in [-0.15, -0.1) is 10.2 Å². The van der Waals surface area contributed by atoms with Crippen molar-refractivity contribution in [3.05, 3.63) is 34.0 Å². The maximum Gasteiger partial charge on any atom is 0.264 e. The molecule has 1 aromatic heterocycles. The van der Waals surface area contributed by atoms with E-state index in [0.717, 1.165) is 18.0 Å². The van der Waals surface area contributed by atoms with Crippen LogP contribution in [-0.4, -0.2) is 48.3 Å². The second-order valence-corrected chi connectivity index (χ2v) is 6.44. The van der Waals surface area contributed by atoms with Gasteiger partial charge in [0.05, 0.1) is 5.02 Å². The van der Waals surface area contributed by atoms with E-state index in [9.17, 15) is 9.18 Å². The number of rotatable bonds is 7. The number of benzene rings is 1. The molecule has 0 unspecified atom stereocenters. The molecule has 6 nitrogen and oxygen atoms in total. The first-order valence-corrected chi connectivity index (χ1v) is 7.98. The number of carbonyl (C=O) groups excluding carboxylic acids is 1.